The van der Waals surface area contributed by atoms with Crippen molar-refractivity contribution in [3.8, 4) is 0 Å². The van der Waals surface area contributed by atoms with E-state index in [0.29, 0.717) is 23.8 Å². The van der Waals surface area contributed by atoms with E-state index in [1.54, 1.807) is 0 Å². The molecule has 3 rings (SSSR count). The highest BCUT2D eigenvalue weighted by Crippen LogP contribution is 2.41. The maximum atomic E-state index is 12.4. The number of fused-ring (bicyclic) bond motifs is 2. The van der Waals surface area contributed by atoms with Crippen molar-refractivity contribution in [1.82, 2.24) is 5.32 Å². The lowest BCUT2D eigenvalue weighted by Gasteiger charge is -2.43. The molecule has 2 atom stereocenters. The van der Waals surface area contributed by atoms with Crippen molar-refractivity contribution in [1.29, 1.82) is 0 Å². The van der Waals surface area contributed by atoms with Gasteiger partial charge in [-0.25, -0.2) is 0 Å². The zero-order chi connectivity index (χ0) is 13.9. The number of nitrogens with one attached hydrogen (secondary N) is 1. The van der Waals surface area contributed by atoms with Crippen molar-refractivity contribution < 1.29 is 9.53 Å². The van der Waals surface area contributed by atoms with Crippen LogP contribution in [0.25, 0.3) is 0 Å². The number of hydrogen-bond acceptors (Lipinski definition) is 3. The van der Waals surface area contributed by atoms with Gasteiger partial charge in [0.15, 0.2) is 0 Å². The molecule has 0 aromatic rings. The van der Waals surface area contributed by atoms with Gasteiger partial charge < -0.3 is 15.8 Å². The number of rotatable bonds is 3. The SMILES string of the molecule is NC1C2CCCC1CC(C(=O)NCC1CCOCC1)C2. The van der Waals surface area contributed by atoms with Gasteiger partial charge in [-0.15, -0.1) is 0 Å². The summed E-state index contributed by atoms with van der Waals surface area (Å²) in [6.07, 6.45) is 7.94. The molecule has 1 aliphatic heterocycles. The number of amides is 1. The van der Waals surface area contributed by atoms with Gasteiger partial charge in [0.05, 0.1) is 0 Å². The molecule has 0 spiro atoms. The highest BCUT2D eigenvalue weighted by Gasteiger charge is 2.40. The average Bonchev–Trinajstić information content (AvgIpc) is 2.45. The molecule has 4 nitrogen and oxygen atoms in total. The van der Waals surface area contributed by atoms with E-state index < -0.39 is 0 Å². The molecule has 3 N–H and O–H groups in total. The first kappa shape index (κ1) is 14.3. The lowest BCUT2D eigenvalue weighted by atomic mass is 9.65. The fourth-order valence-corrected chi connectivity index (χ4v) is 4.34. The highest BCUT2D eigenvalue weighted by molar-refractivity contribution is 5.78. The van der Waals surface area contributed by atoms with Gasteiger partial charge in [-0.05, 0) is 56.3 Å². The Balaban J connectivity index is 1.47. The van der Waals surface area contributed by atoms with E-state index in [2.05, 4.69) is 5.32 Å². The minimum absolute atomic E-state index is 0.213. The van der Waals surface area contributed by atoms with E-state index in [4.69, 9.17) is 10.5 Å². The largest absolute Gasteiger partial charge is 0.381 e. The second kappa shape index (κ2) is 6.44. The summed E-state index contributed by atoms with van der Waals surface area (Å²) in [6, 6.07) is 0.350. The third-order valence-electron chi connectivity index (χ3n) is 5.69. The monoisotopic (exact) mass is 280 g/mol. The van der Waals surface area contributed by atoms with Crippen LogP contribution in [-0.2, 0) is 9.53 Å². The Hall–Kier alpha value is -0.610. The molecule has 0 aromatic carbocycles. The van der Waals surface area contributed by atoms with Gasteiger partial charge in [0.25, 0.3) is 0 Å². The molecule has 1 saturated heterocycles. The van der Waals surface area contributed by atoms with Crippen molar-refractivity contribution in [2.75, 3.05) is 19.8 Å². The Labute approximate surface area is 121 Å². The van der Waals surface area contributed by atoms with Crippen LogP contribution in [0.4, 0.5) is 0 Å². The molecule has 114 valence electrons. The molecule has 0 aromatic heterocycles. The number of ether oxygens (including phenoxy) is 1. The summed E-state index contributed by atoms with van der Waals surface area (Å²) in [7, 11) is 0. The molecule has 2 bridgehead atoms. The van der Waals surface area contributed by atoms with Crippen LogP contribution in [0.3, 0.4) is 0 Å². The molecule has 20 heavy (non-hydrogen) atoms. The normalized spacial score (nSPS) is 38.5. The number of hydrogen-bond donors (Lipinski definition) is 2. The molecule has 1 amide bonds. The molecule has 2 aliphatic carbocycles. The van der Waals surface area contributed by atoms with Crippen molar-refractivity contribution in [3.05, 3.63) is 0 Å². The van der Waals surface area contributed by atoms with Crippen molar-refractivity contribution in [3.63, 3.8) is 0 Å². The quantitative estimate of drug-likeness (QED) is 0.827. The second-order valence-electron chi connectivity index (χ2n) is 7.00. The summed E-state index contributed by atoms with van der Waals surface area (Å²) in [5.74, 6) is 2.27. The molecular weight excluding hydrogens is 252 g/mol. The molecule has 1 heterocycles. The fourth-order valence-electron chi connectivity index (χ4n) is 4.34. The van der Waals surface area contributed by atoms with E-state index in [9.17, 15) is 4.79 Å². The van der Waals surface area contributed by atoms with Crippen molar-refractivity contribution in [2.45, 2.75) is 51.0 Å². The van der Waals surface area contributed by atoms with Crippen LogP contribution in [0.2, 0.25) is 0 Å². The third kappa shape index (κ3) is 3.17. The molecule has 3 aliphatic rings. The number of carbonyl (C=O) groups excluding carboxylic acids is 1. The molecule has 4 heteroatoms. The van der Waals surface area contributed by atoms with Gasteiger partial charge in [0.2, 0.25) is 5.91 Å². The van der Waals surface area contributed by atoms with Crippen LogP contribution < -0.4 is 11.1 Å². The van der Waals surface area contributed by atoms with Gasteiger partial charge >= 0.3 is 0 Å². The van der Waals surface area contributed by atoms with E-state index in [1.165, 1.54) is 19.3 Å². The minimum atomic E-state index is 0.213. The Morgan fingerprint density at radius 2 is 1.75 bits per heavy atom. The summed E-state index contributed by atoms with van der Waals surface area (Å²) in [5.41, 5.74) is 6.29. The standard InChI is InChI=1S/C16H28N2O2/c17-15-12-2-1-3-13(15)9-14(8-12)16(19)18-10-11-4-6-20-7-5-11/h11-15H,1-10,17H2,(H,18,19). The summed E-state index contributed by atoms with van der Waals surface area (Å²) < 4.78 is 5.36. The Kier molecular flexibility index (Phi) is 4.61. The molecule has 0 radical (unpaired) electrons. The van der Waals surface area contributed by atoms with E-state index in [1.807, 2.05) is 0 Å². The zero-order valence-corrected chi connectivity index (χ0v) is 12.4. The van der Waals surface area contributed by atoms with Gasteiger partial charge in [0, 0.05) is 31.7 Å². The van der Waals surface area contributed by atoms with Crippen LogP contribution in [0.1, 0.15) is 44.9 Å². The van der Waals surface area contributed by atoms with Gasteiger partial charge in [-0.2, -0.15) is 0 Å². The van der Waals surface area contributed by atoms with Crippen molar-refractivity contribution >= 4 is 5.91 Å². The van der Waals surface area contributed by atoms with Crippen molar-refractivity contribution in [2.24, 2.45) is 29.4 Å². The Bertz CT molecular complexity index is 327. The highest BCUT2D eigenvalue weighted by atomic mass is 16.5. The molecule has 2 unspecified atom stereocenters. The van der Waals surface area contributed by atoms with E-state index >= 15 is 0 Å². The fraction of sp³-hybridized carbons (Fsp3) is 0.938. The summed E-state index contributed by atoms with van der Waals surface area (Å²) in [6.45, 7) is 2.53. The Morgan fingerprint density at radius 1 is 1.10 bits per heavy atom. The lowest BCUT2D eigenvalue weighted by molar-refractivity contribution is -0.128. The van der Waals surface area contributed by atoms with Crippen LogP contribution in [0.5, 0.6) is 0 Å². The van der Waals surface area contributed by atoms with Crippen LogP contribution in [0.15, 0.2) is 0 Å². The van der Waals surface area contributed by atoms with E-state index in [0.717, 1.165) is 45.4 Å². The van der Waals surface area contributed by atoms with Gasteiger partial charge in [-0.3, -0.25) is 4.79 Å². The summed E-state index contributed by atoms with van der Waals surface area (Å²) >= 11 is 0. The molecule has 3 fully saturated rings. The predicted octanol–water partition coefficient (Wildman–Crippen LogP) is 1.68. The first-order chi connectivity index (χ1) is 9.74. The molecule has 2 saturated carbocycles. The maximum Gasteiger partial charge on any atom is 0.223 e. The van der Waals surface area contributed by atoms with Crippen LogP contribution >= 0.6 is 0 Å². The lowest BCUT2D eigenvalue weighted by Crippen LogP contribution is -2.49. The first-order valence-electron chi connectivity index (χ1n) is 8.35. The maximum absolute atomic E-state index is 12.4. The second-order valence-corrected chi connectivity index (χ2v) is 7.00. The zero-order valence-electron chi connectivity index (χ0n) is 12.4. The third-order valence-corrected chi connectivity index (χ3v) is 5.69. The van der Waals surface area contributed by atoms with E-state index in [-0.39, 0.29) is 11.8 Å². The van der Waals surface area contributed by atoms with Crippen LogP contribution in [-0.4, -0.2) is 31.7 Å². The van der Waals surface area contributed by atoms with Crippen LogP contribution in [0, 0.1) is 23.7 Å². The summed E-state index contributed by atoms with van der Waals surface area (Å²) in [5, 5.41) is 3.19. The summed E-state index contributed by atoms with van der Waals surface area (Å²) in [4.78, 5) is 12.4. The minimum Gasteiger partial charge on any atom is -0.381 e. The smallest absolute Gasteiger partial charge is 0.223 e. The first-order valence-corrected chi connectivity index (χ1v) is 8.35. The number of carbonyl (C=O) groups is 1. The predicted molar refractivity (Wildman–Crippen MR) is 78.1 cm³/mol. The topological polar surface area (TPSA) is 64.4 Å². The van der Waals surface area contributed by atoms with Gasteiger partial charge in [-0.1, -0.05) is 6.42 Å². The molecular formula is C16H28N2O2. The average molecular weight is 280 g/mol. The van der Waals surface area contributed by atoms with Gasteiger partial charge in [0.1, 0.15) is 0 Å². The number of nitrogens with two attached hydrogens (primary N) is 1. The Morgan fingerprint density at radius 3 is 2.40 bits per heavy atom.